The number of aliphatic carboxylic acids is 1. The van der Waals surface area contributed by atoms with Gasteiger partial charge < -0.3 is 25.6 Å². The Morgan fingerprint density at radius 1 is 1.13 bits per heavy atom. The molecule has 204 valence electrons. The number of H-pyrrole nitrogens is 1. The number of halogens is 2. The molecule has 2 aromatic carbocycles. The van der Waals surface area contributed by atoms with Gasteiger partial charge in [-0.1, -0.05) is 0 Å². The number of aromatic nitrogens is 5. The number of ether oxygens (including phenoxy) is 2. The van der Waals surface area contributed by atoms with Crippen molar-refractivity contribution in [2.45, 2.75) is 13.0 Å². The van der Waals surface area contributed by atoms with E-state index in [1.54, 1.807) is 6.07 Å². The fraction of sp³-hybridized carbons (Fsp3) is 0.167. The van der Waals surface area contributed by atoms with Gasteiger partial charge in [-0.2, -0.15) is 0 Å². The van der Waals surface area contributed by atoms with Crippen molar-refractivity contribution in [2.24, 2.45) is 5.73 Å². The number of hydrogen-bond acceptors (Lipinski definition) is 9. The fourth-order valence-corrected chi connectivity index (χ4v) is 3.35. The Bertz CT molecular complexity index is 1540. The van der Waals surface area contributed by atoms with Crippen LogP contribution in [0.15, 0.2) is 53.6 Å². The van der Waals surface area contributed by atoms with Crippen LogP contribution in [-0.2, 0) is 4.79 Å². The molecule has 2 heterocycles. The topological polar surface area (TPSA) is 194 Å². The Morgan fingerprint density at radius 3 is 2.31 bits per heavy atom. The first-order valence-corrected chi connectivity index (χ1v) is 11.0. The fourth-order valence-electron chi connectivity index (χ4n) is 3.35. The van der Waals surface area contributed by atoms with Crippen molar-refractivity contribution in [1.29, 1.82) is 5.41 Å². The standard InChI is InChI=1S/C22H20F2N8O3.C2H4O2/c1-34-16-9-12(13(23)10-17(16)35-2)18(29-15-5-4-11(19(25)26)8-14(15)24)20-30-22(33)32(31-20)21-27-6-3-7-28-21;1-2(3)4/h3-10,18,29H,1-2H3,(H3,25,26)(H,30,31,33);1H3,(H,3,4). The lowest BCUT2D eigenvalue weighted by Crippen LogP contribution is -2.18. The molecular formula is C24H24F2N8O5. The summed E-state index contributed by atoms with van der Waals surface area (Å²) in [5.41, 5.74) is 4.83. The molecule has 0 fully saturated rings. The minimum absolute atomic E-state index is 0.0106. The Hall–Kier alpha value is -5.34. The summed E-state index contributed by atoms with van der Waals surface area (Å²) in [6.07, 6.45) is 2.86. The molecule has 0 aliphatic heterocycles. The summed E-state index contributed by atoms with van der Waals surface area (Å²) in [5, 5.41) is 22.0. The van der Waals surface area contributed by atoms with Gasteiger partial charge >= 0.3 is 5.69 Å². The SMILES string of the molecule is CC(=O)O.COc1cc(F)c(C(Nc2ccc(C(=N)N)cc2F)c2nn(-c3ncccn3)c(=O)[nH]2)cc1OC. The summed E-state index contributed by atoms with van der Waals surface area (Å²) in [4.78, 5) is 32.1. The number of amidine groups is 1. The van der Waals surface area contributed by atoms with E-state index in [0.717, 1.165) is 23.7 Å². The van der Waals surface area contributed by atoms with E-state index in [1.807, 2.05) is 0 Å². The molecule has 6 N–H and O–H groups in total. The summed E-state index contributed by atoms with van der Waals surface area (Å²) in [5.74, 6) is -2.35. The predicted octanol–water partition coefficient (Wildman–Crippen LogP) is 2.22. The molecule has 0 aliphatic carbocycles. The van der Waals surface area contributed by atoms with Crippen LogP contribution >= 0.6 is 0 Å². The Balaban J connectivity index is 0.000000983. The maximum Gasteiger partial charge on any atom is 0.350 e. The summed E-state index contributed by atoms with van der Waals surface area (Å²) in [7, 11) is 2.74. The lowest BCUT2D eigenvalue weighted by molar-refractivity contribution is -0.134. The molecule has 15 heteroatoms. The zero-order valence-corrected chi connectivity index (χ0v) is 20.9. The number of anilines is 1. The molecule has 0 spiro atoms. The van der Waals surface area contributed by atoms with Crippen LogP contribution in [0, 0.1) is 17.0 Å². The van der Waals surface area contributed by atoms with Crippen LogP contribution in [-0.4, -0.2) is 55.9 Å². The van der Waals surface area contributed by atoms with Crippen LogP contribution in [0.3, 0.4) is 0 Å². The highest BCUT2D eigenvalue weighted by Gasteiger charge is 2.26. The van der Waals surface area contributed by atoms with E-state index in [0.29, 0.717) is 0 Å². The third kappa shape index (κ3) is 6.71. The number of hydrogen-bond donors (Lipinski definition) is 5. The average Bonchev–Trinajstić information content (AvgIpc) is 3.29. The number of nitrogen functional groups attached to an aromatic ring is 1. The molecule has 0 aliphatic rings. The number of rotatable bonds is 8. The number of carboxylic acids is 1. The van der Waals surface area contributed by atoms with Gasteiger partial charge in [-0.15, -0.1) is 9.78 Å². The van der Waals surface area contributed by atoms with Crippen molar-refractivity contribution in [2.75, 3.05) is 19.5 Å². The quantitative estimate of drug-likeness (QED) is 0.163. The molecule has 0 saturated heterocycles. The van der Waals surface area contributed by atoms with E-state index in [2.05, 4.69) is 25.4 Å². The molecule has 4 aromatic rings. The van der Waals surface area contributed by atoms with Crippen molar-refractivity contribution >= 4 is 17.5 Å². The van der Waals surface area contributed by atoms with Gasteiger partial charge in [0, 0.05) is 36.5 Å². The number of nitrogens with one attached hydrogen (secondary N) is 3. The highest BCUT2D eigenvalue weighted by molar-refractivity contribution is 5.95. The summed E-state index contributed by atoms with van der Waals surface area (Å²) in [6, 6.07) is 6.66. The molecular weight excluding hydrogens is 518 g/mol. The number of benzene rings is 2. The zero-order valence-electron chi connectivity index (χ0n) is 20.9. The van der Waals surface area contributed by atoms with E-state index >= 15 is 4.39 Å². The molecule has 0 saturated carbocycles. The van der Waals surface area contributed by atoms with Gasteiger partial charge in [-0.3, -0.25) is 15.2 Å². The van der Waals surface area contributed by atoms with Gasteiger partial charge in [-0.25, -0.2) is 23.5 Å². The third-order valence-corrected chi connectivity index (χ3v) is 5.04. The molecule has 13 nitrogen and oxygen atoms in total. The Labute approximate surface area is 219 Å². The highest BCUT2D eigenvalue weighted by atomic mass is 19.1. The van der Waals surface area contributed by atoms with Gasteiger partial charge in [0.25, 0.3) is 11.9 Å². The first-order chi connectivity index (χ1) is 18.5. The second-order valence-corrected chi connectivity index (χ2v) is 7.71. The van der Waals surface area contributed by atoms with E-state index in [9.17, 15) is 9.18 Å². The lowest BCUT2D eigenvalue weighted by Gasteiger charge is -2.21. The minimum Gasteiger partial charge on any atom is -0.493 e. The Kier molecular flexibility index (Phi) is 8.88. The molecule has 1 unspecified atom stereocenters. The van der Waals surface area contributed by atoms with Crippen molar-refractivity contribution < 1.29 is 28.2 Å². The van der Waals surface area contributed by atoms with Crippen LogP contribution < -0.4 is 26.2 Å². The molecule has 0 radical (unpaired) electrons. The molecule has 4 rings (SSSR count). The lowest BCUT2D eigenvalue weighted by atomic mass is 10.0. The first kappa shape index (κ1) is 28.2. The largest absolute Gasteiger partial charge is 0.493 e. The number of aromatic amines is 1. The van der Waals surface area contributed by atoms with Crippen molar-refractivity contribution in [3.8, 4) is 17.4 Å². The van der Waals surface area contributed by atoms with Gasteiger partial charge in [-0.05, 0) is 30.3 Å². The van der Waals surface area contributed by atoms with Gasteiger partial charge in [0.05, 0.1) is 19.9 Å². The predicted molar refractivity (Wildman–Crippen MR) is 135 cm³/mol. The van der Waals surface area contributed by atoms with Crippen LogP contribution in [0.5, 0.6) is 11.5 Å². The van der Waals surface area contributed by atoms with Gasteiger partial charge in [0.1, 0.15) is 23.5 Å². The summed E-state index contributed by atoms with van der Waals surface area (Å²) in [6.45, 7) is 1.08. The minimum atomic E-state index is -1.19. The molecule has 0 bridgehead atoms. The smallest absolute Gasteiger partial charge is 0.350 e. The van der Waals surface area contributed by atoms with E-state index in [1.165, 1.54) is 44.8 Å². The van der Waals surface area contributed by atoms with Crippen LogP contribution in [0.4, 0.5) is 14.5 Å². The van der Waals surface area contributed by atoms with E-state index in [4.69, 9.17) is 30.5 Å². The van der Waals surface area contributed by atoms with Crippen molar-refractivity contribution in [3.63, 3.8) is 0 Å². The normalized spacial score (nSPS) is 11.1. The number of nitrogens with zero attached hydrogens (tertiary/aromatic N) is 4. The average molecular weight is 543 g/mol. The summed E-state index contributed by atoms with van der Waals surface area (Å²) < 4.78 is 41.4. The third-order valence-electron chi connectivity index (χ3n) is 5.04. The van der Waals surface area contributed by atoms with Crippen molar-refractivity contribution in [3.05, 3.63) is 87.9 Å². The second-order valence-electron chi connectivity index (χ2n) is 7.71. The van der Waals surface area contributed by atoms with Crippen molar-refractivity contribution in [1.82, 2.24) is 24.7 Å². The monoisotopic (exact) mass is 542 g/mol. The molecule has 1 atom stereocenters. The molecule has 39 heavy (non-hydrogen) atoms. The maximum atomic E-state index is 15.2. The Morgan fingerprint density at radius 2 is 1.74 bits per heavy atom. The zero-order chi connectivity index (χ0) is 28.7. The van der Waals surface area contributed by atoms with Crippen LogP contribution in [0.1, 0.15) is 29.9 Å². The number of carbonyl (C=O) groups is 1. The van der Waals surface area contributed by atoms with E-state index < -0.39 is 29.3 Å². The highest BCUT2D eigenvalue weighted by Crippen LogP contribution is 2.35. The van der Waals surface area contributed by atoms with Gasteiger partial charge in [0.15, 0.2) is 17.3 Å². The second kappa shape index (κ2) is 12.3. The maximum absolute atomic E-state index is 15.2. The number of nitrogens with two attached hydrogens (primary N) is 1. The van der Waals surface area contributed by atoms with Crippen LogP contribution in [0.25, 0.3) is 5.95 Å². The molecule has 2 aromatic heterocycles. The molecule has 0 amide bonds. The van der Waals surface area contributed by atoms with Crippen LogP contribution in [0.2, 0.25) is 0 Å². The number of methoxy groups -OCH3 is 2. The number of carboxylic acid groups (broad SMARTS) is 1. The van der Waals surface area contributed by atoms with E-state index in [-0.39, 0.29) is 45.9 Å². The van der Waals surface area contributed by atoms with Gasteiger partial charge in [0.2, 0.25) is 0 Å². The first-order valence-electron chi connectivity index (χ1n) is 11.0. The summed E-state index contributed by atoms with van der Waals surface area (Å²) >= 11 is 0.